The first-order valence-electron chi connectivity index (χ1n) is 9.09. The van der Waals surface area contributed by atoms with Gasteiger partial charge in [-0.25, -0.2) is 4.68 Å². The number of benzene rings is 2. The van der Waals surface area contributed by atoms with Crippen LogP contribution in [0, 0.1) is 0 Å². The smallest absolute Gasteiger partial charge is 0.242 e. The first-order valence-corrected chi connectivity index (χ1v) is 9.85. The van der Waals surface area contributed by atoms with Crippen LogP contribution < -0.4 is 10.2 Å². The normalized spacial score (nSPS) is 20.0. The van der Waals surface area contributed by atoms with Crippen LogP contribution in [0.2, 0.25) is 10.0 Å². The Labute approximate surface area is 177 Å². The molecule has 0 fully saturated rings. The Morgan fingerprint density at radius 3 is 2.72 bits per heavy atom. The highest BCUT2D eigenvalue weighted by Gasteiger charge is 2.56. The van der Waals surface area contributed by atoms with Crippen molar-refractivity contribution in [1.82, 2.24) is 9.78 Å². The lowest BCUT2D eigenvalue weighted by atomic mass is 9.72. The summed E-state index contributed by atoms with van der Waals surface area (Å²) >= 11 is 12.5. The van der Waals surface area contributed by atoms with Crippen molar-refractivity contribution in [2.24, 2.45) is 0 Å². The van der Waals surface area contributed by atoms with Gasteiger partial charge in [0, 0.05) is 34.8 Å². The van der Waals surface area contributed by atoms with Gasteiger partial charge >= 0.3 is 0 Å². The fraction of sp³-hybridized carbons (Fsp3) is 0.190. The summed E-state index contributed by atoms with van der Waals surface area (Å²) < 4.78 is 1.67. The quantitative estimate of drug-likeness (QED) is 0.676. The van der Waals surface area contributed by atoms with Gasteiger partial charge in [-0.3, -0.25) is 9.59 Å². The number of aromatic nitrogens is 2. The lowest BCUT2D eigenvalue weighted by Crippen LogP contribution is -2.45. The molecule has 5 rings (SSSR count). The number of amides is 2. The van der Waals surface area contributed by atoms with E-state index in [-0.39, 0.29) is 18.2 Å². The summed E-state index contributed by atoms with van der Waals surface area (Å²) in [5, 5.41) is 8.51. The predicted octanol–water partition coefficient (Wildman–Crippen LogP) is 3.84. The third-order valence-corrected chi connectivity index (χ3v) is 6.31. The monoisotopic (exact) mass is 426 g/mol. The maximum absolute atomic E-state index is 13.4. The number of likely N-dealkylation sites (N-methyl/N-ethyl adjacent to an activating group) is 1. The van der Waals surface area contributed by atoms with Crippen LogP contribution in [0.4, 0.5) is 11.5 Å². The molecule has 3 aromatic rings. The second-order valence-electron chi connectivity index (χ2n) is 7.31. The summed E-state index contributed by atoms with van der Waals surface area (Å²) in [6.07, 6.45) is 1.67. The molecule has 1 atom stereocenters. The van der Waals surface area contributed by atoms with Gasteiger partial charge < -0.3 is 10.2 Å². The maximum atomic E-state index is 13.4. The highest BCUT2D eigenvalue weighted by molar-refractivity contribution is 6.31. The molecule has 1 aromatic heterocycles. The molecule has 0 bridgehead atoms. The molecule has 1 spiro atoms. The van der Waals surface area contributed by atoms with Crippen molar-refractivity contribution in [3.05, 3.63) is 75.4 Å². The molecule has 3 heterocycles. The van der Waals surface area contributed by atoms with Crippen LogP contribution in [0.3, 0.4) is 0 Å². The van der Waals surface area contributed by atoms with E-state index in [0.29, 0.717) is 28.0 Å². The maximum Gasteiger partial charge on any atom is 0.242 e. The summed E-state index contributed by atoms with van der Waals surface area (Å²) in [5.74, 6) is 0.104. The molecular weight excluding hydrogens is 411 g/mol. The average molecular weight is 427 g/mol. The van der Waals surface area contributed by atoms with Crippen LogP contribution in [-0.2, 0) is 21.5 Å². The van der Waals surface area contributed by atoms with Crippen LogP contribution in [-0.4, -0.2) is 28.6 Å². The van der Waals surface area contributed by atoms with E-state index in [4.69, 9.17) is 23.2 Å². The minimum absolute atomic E-state index is 0.00824. The molecule has 2 aliphatic heterocycles. The van der Waals surface area contributed by atoms with Crippen molar-refractivity contribution in [2.75, 3.05) is 17.3 Å². The van der Waals surface area contributed by atoms with Gasteiger partial charge in [0.1, 0.15) is 11.2 Å². The van der Waals surface area contributed by atoms with E-state index in [1.807, 2.05) is 24.3 Å². The predicted molar refractivity (Wildman–Crippen MR) is 112 cm³/mol. The number of anilines is 2. The van der Waals surface area contributed by atoms with Gasteiger partial charge in [-0.2, -0.15) is 5.10 Å². The molecule has 0 radical (unpaired) electrons. The molecule has 1 unspecified atom stereocenters. The Kier molecular flexibility index (Phi) is 3.98. The van der Waals surface area contributed by atoms with Crippen LogP contribution in [0.25, 0.3) is 0 Å². The molecule has 1 N–H and O–H groups in total. The van der Waals surface area contributed by atoms with Crippen LogP contribution in [0.15, 0.2) is 48.7 Å². The zero-order chi connectivity index (χ0) is 20.3. The molecule has 6 nitrogen and oxygen atoms in total. The Bertz CT molecular complexity index is 1190. The molecule has 146 valence electrons. The number of carbonyl (C=O) groups is 2. The van der Waals surface area contributed by atoms with Crippen molar-refractivity contribution in [3.63, 3.8) is 0 Å². The number of nitrogens with zero attached hydrogens (tertiary/aromatic N) is 3. The summed E-state index contributed by atoms with van der Waals surface area (Å²) in [5.41, 5.74) is 1.88. The number of hydrogen-bond acceptors (Lipinski definition) is 3. The van der Waals surface area contributed by atoms with E-state index >= 15 is 0 Å². The third kappa shape index (κ3) is 2.52. The number of carbonyl (C=O) groups excluding carboxylic acids is 2. The summed E-state index contributed by atoms with van der Waals surface area (Å²) in [4.78, 5) is 27.7. The van der Waals surface area contributed by atoms with E-state index in [1.165, 1.54) is 0 Å². The highest BCUT2D eigenvalue weighted by Crippen LogP contribution is 2.52. The average Bonchev–Trinajstić information content (AvgIpc) is 3.18. The van der Waals surface area contributed by atoms with Gasteiger partial charge in [0.15, 0.2) is 0 Å². The van der Waals surface area contributed by atoms with Crippen LogP contribution in [0.5, 0.6) is 0 Å². The molecular formula is C21H16Cl2N4O2. The number of fused-ring (bicyclic) bond motifs is 4. The molecule has 0 saturated heterocycles. The van der Waals surface area contributed by atoms with Crippen molar-refractivity contribution >= 4 is 46.5 Å². The molecule has 0 saturated carbocycles. The standard InChI is InChI=1S/C21H16Cl2N4O2/c1-26-17-7-6-13(22)8-14(17)21(20(26)29)9-18(28)25-19-15(21)10-24-27(19)11-12-4-2-3-5-16(12)23/h2-8,10H,9,11H2,1H3,(H,25,28). The summed E-state index contributed by atoms with van der Waals surface area (Å²) in [6.45, 7) is 0.373. The number of hydrogen-bond donors (Lipinski definition) is 1. The van der Waals surface area contributed by atoms with E-state index < -0.39 is 5.41 Å². The van der Waals surface area contributed by atoms with Crippen molar-refractivity contribution < 1.29 is 9.59 Å². The van der Waals surface area contributed by atoms with Gasteiger partial charge in [-0.05, 0) is 35.4 Å². The Balaban J connectivity index is 1.70. The van der Waals surface area contributed by atoms with Gasteiger partial charge in [-0.15, -0.1) is 0 Å². The molecule has 29 heavy (non-hydrogen) atoms. The Morgan fingerprint density at radius 2 is 1.93 bits per heavy atom. The summed E-state index contributed by atoms with van der Waals surface area (Å²) in [6, 6.07) is 12.8. The zero-order valence-electron chi connectivity index (χ0n) is 15.4. The molecule has 2 aromatic carbocycles. The lowest BCUT2D eigenvalue weighted by molar-refractivity contribution is -0.126. The SMILES string of the molecule is CN1C(=O)C2(CC(=O)Nc3c2cnn3Cc2ccccc2Cl)c2cc(Cl)ccc21. The zero-order valence-corrected chi connectivity index (χ0v) is 17.0. The van der Waals surface area contributed by atoms with E-state index in [9.17, 15) is 9.59 Å². The van der Waals surface area contributed by atoms with E-state index in [1.54, 1.807) is 41.0 Å². The fourth-order valence-corrected chi connectivity index (χ4v) is 4.70. The Hall–Kier alpha value is -2.83. The topological polar surface area (TPSA) is 67.2 Å². The van der Waals surface area contributed by atoms with Gasteiger partial charge in [-0.1, -0.05) is 41.4 Å². The summed E-state index contributed by atoms with van der Waals surface area (Å²) in [7, 11) is 1.71. The number of nitrogens with one attached hydrogen (secondary N) is 1. The third-order valence-electron chi connectivity index (χ3n) is 5.71. The number of halogens is 2. The minimum atomic E-state index is -1.13. The first-order chi connectivity index (χ1) is 13.9. The molecule has 2 aliphatic rings. The second-order valence-corrected chi connectivity index (χ2v) is 8.16. The molecule has 2 amide bonds. The Morgan fingerprint density at radius 1 is 1.14 bits per heavy atom. The fourth-order valence-electron chi connectivity index (χ4n) is 4.33. The minimum Gasteiger partial charge on any atom is -0.314 e. The van der Waals surface area contributed by atoms with Gasteiger partial charge in [0.2, 0.25) is 11.8 Å². The van der Waals surface area contributed by atoms with Crippen LogP contribution >= 0.6 is 23.2 Å². The van der Waals surface area contributed by atoms with Crippen molar-refractivity contribution in [1.29, 1.82) is 0 Å². The van der Waals surface area contributed by atoms with Gasteiger partial charge in [0.25, 0.3) is 0 Å². The van der Waals surface area contributed by atoms with Crippen LogP contribution in [0.1, 0.15) is 23.1 Å². The van der Waals surface area contributed by atoms with E-state index in [0.717, 1.165) is 16.8 Å². The largest absolute Gasteiger partial charge is 0.314 e. The lowest BCUT2D eigenvalue weighted by Gasteiger charge is -2.32. The second kappa shape index (κ2) is 6.34. The van der Waals surface area contributed by atoms with Gasteiger partial charge in [0.05, 0.1) is 12.7 Å². The molecule has 0 aliphatic carbocycles. The first kappa shape index (κ1) is 18.2. The highest BCUT2D eigenvalue weighted by atomic mass is 35.5. The molecule has 8 heteroatoms. The van der Waals surface area contributed by atoms with Crippen molar-refractivity contribution in [2.45, 2.75) is 18.4 Å². The van der Waals surface area contributed by atoms with Crippen molar-refractivity contribution in [3.8, 4) is 0 Å². The van der Waals surface area contributed by atoms with E-state index in [2.05, 4.69) is 10.4 Å². The number of rotatable bonds is 2.